The molecule has 1 rings (SSSR count). The summed E-state index contributed by atoms with van der Waals surface area (Å²) in [4.78, 5) is 2.80. The fraction of sp³-hybridized carbons (Fsp3) is 1.00. The van der Waals surface area contributed by atoms with Crippen molar-refractivity contribution < 1.29 is 0 Å². The lowest BCUT2D eigenvalue weighted by Gasteiger charge is -2.46. The number of hydrogen-bond acceptors (Lipinski definition) is 2. The van der Waals surface area contributed by atoms with E-state index in [4.69, 9.17) is 0 Å². The van der Waals surface area contributed by atoms with Gasteiger partial charge in [0.15, 0.2) is 0 Å². The van der Waals surface area contributed by atoms with Crippen molar-refractivity contribution in [2.45, 2.75) is 85.4 Å². The van der Waals surface area contributed by atoms with E-state index in [2.05, 4.69) is 51.8 Å². The van der Waals surface area contributed by atoms with Gasteiger partial charge in [0.1, 0.15) is 0 Å². The van der Waals surface area contributed by atoms with E-state index in [1.807, 2.05) is 0 Å². The first-order valence-electron chi connectivity index (χ1n) is 8.48. The van der Waals surface area contributed by atoms with E-state index in [1.54, 1.807) is 0 Å². The molecule has 0 aromatic carbocycles. The zero-order valence-electron chi connectivity index (χ0n) is 14.1. The molecule has 1 heterocycles. The summed E-state index contributed by atoms with van der Waals surface area (Å²) in [7, 11) is 0. The molecule has 2 nitrogen and oxygen atoms in total. The maximum absolute atomic E-state index is 3.81. The molecule has 19 heavy (non-hydrogen) atoms. The highest BCUT2D eigenvalue weighted by Gasteiger charge is 2.32. The van der Waals surface area contributed by atoms with Gasteiger partial charge in [0, 0.05) is 31.2 Å². The van der Waals surface area contributed by atoms with Crippen LogP contribution < -0.4 is 5.32 Å². The molecule has 0 aromatic heterocycles. The van der Waals surface area contributed by atoms with Crippen molar-refractivity contribution in [1.29, 1.82) is 0 Å². The van der Waals surface area contributed by atoms with Gasteiger partial charge in [-0.15, -0.1) is 0 Å². The second-order valence-corrected chi connectivity index (χ2v) is 7.02. The standard InChI is InChI=1S/C17H36N2/c1-7-9-15(6)19-12-17(14(5)8-2)18-11-16(19)10-13(3)4/h13-18H,7-12H2,1-6H3. The molecule has 0 aromatic rings. The normalized spacial score (nSPS) is 28.6. The Bertz CT molecular complexity index is 239. The quantitative estimate of drug-likeness (QED) is 0.753. The number of piperazine rings is 1. The van der Waals surface area contributed by atoms with Gasteiger partial charge in [0.25, 0.3) is 0 Å². The molecule has 0 aliphatic carbocycles. The first-order valence-corrected chi connectivity index (χ1v) is 8.48. The predicted molar refractivity (Wildman–Crippen MR) is 85.6 cm³/mol. The number of rotatable bonds is 7. The first kappa shape index (κ1) is 17.0. The largest absolute Gasteiger partial charge is 0.311 e. The van der Waals surface area contributed by atoms with E-state index >= 15 is 0 Å². The van der Waals surface area contributed by atoms with Gasteiger partial charge < -0.3 is 5.32 Å². The SMILES string of the molecule is CCCC(C)N1CC(C(C)CC)NCC1CC(C)C. The van der Waals surface area contributed by atoms with E-state index < -0.39 is 0 Å². The third kappa shape index (κ3) is 5.07. The van der Waals surface area contributed by atoms with Crippen molar-refractivity contribution >= 4 is 0 Å². The summed E-state index contributed by atoms with van der Waals surface area (Å²) in [6, 6.07) is 2.16. The lowest BCUT2D eigenvalue weighted by atomic mass is 9.91. The molecule has 1 saturated heterocycles. The van der Waals surface area contributed by atoms with Crippen molar-refractivity contribution in [3.63, 3.8) is 0 Å². The van der Waals surface area contributed by atoms with Crippen LogP contribution in [-0.4, -0.2) is 36.1 Å². The first-order chi connectivity index (χ1) is 8.99. The van der Waals surface area contributed by atoms with Crippen molar-refractivity contribution in [3.8, 4) is 0 Å². The smallest absolute Gasteiger partial charge is 0.0226 e. The van der Waals surface area contributed by atoms with Crippen LogP contribution in [-0.2, 0) is 0 Å². The van der Waals surface area contributed by atoms with Crippen molar-refractivity contribution in [2.24, 2.45) is 11.8 Å². The fourth-order valence-corrected chi connectivity index (χ4v) is 3.40. The second-order valence-electron chi connectivity index (χ2n) is 7.02. The third-order valence-electron chi connectivity index (χ3n) is 4.84. The van der Waals surface area contributed by atoms with Gasteiger partial charge >= 0.3 is 0 Å². The van der Waals surface area contributed by atoms with Crippen LogP contribution in [0.15, 0.2) is 0 Å². The average Bonchev–Trinajstić information content (AvgIpc) is 2.37. The highest BCUT2D eigenvalue weighted by Crippen LogP contribution is 2.23. The Morgan fingerprint density at radius 3 is 2.37 bits per heavy atom. The molecule has 114 valence electrons. The molecule has 1 fully saturated rings. The van der Waals surface area contributed by atoms with Gasteiger partial charge in [-0.1, -0.05) is 47.5 Å². The summed E-state index contributed by atoms with van der Waals surface area (Å²) in [6.07, 6.45) is 5.24. The molecule has 1 aliphatic heterocycles. The Hall–Kier alpha value is -0.0800. The maximum Gasteiger partial charge on any atom is 0.0226 e. The molecule has 1 aliphatic rings. The molecule has 0 radical (unpaired) electrons. The molecule has 0 bridgehead atoms. The lowest BCUT2D eigenvalue weighted by Crippen LogP contribution is -2.60. The monoisotopic (exact) mass is 268 g/mol. The zero-order valence-corrected chi connectivity index (χ0v) is 14.1. The average molecular weight is 268 g/mol. The van der Waals surface area contributed by atoms with Crippen LogP contribution in [0.1, 0.15) is 67.2 Å². The molecule has 0 amide bonds. The molecular formula is C17H36N2. The summed E-state index contributed by atoms with van der Waals surface area (Å²) >= 11 is 0. The van der Waals surface area contributed by atoms with Crippen molar-refractivity contribution in [2.75, 3.05) is 13.1 Å². The fourth-order valence-electron chi connectivity index (χ4n) is 3.40. The third-order valence-corrected chi connectivity index (χ3v) is 4.84. The Morgan fingerprint density at radius 1 is 1.16 bits per heavy atom. The minimum absolute atomic E-state index is 0.688. The molecule has 0 spiro atoms. The van der Waals surface area contributed by atoms with E-state index in [9.17, 15) is 0 Å². The van der Waals surface area contributed by atoms with Crippen LogP contribution in [0.2, 0.25) is 0 Å². The number of nitrogens with one attached hydrogen (secondary N) is 1. The Labute approximate surface area is 121 Å². The highest BCUT2D eigenvalue weighted by atomic mass is 15.3. The number of hydrogen-bond donors (Lipinski definition) is 1. The minimum atomic E-state index is 0.688. The maximum atomic E-state index is 3.81. The molecule has 0 saturated carbocycles. The summed E-state index contributed by atoms with van der Waals surface area (Å²) in [5.74, 6) is 1.58. The van der Waals surface area contributed by atoms with Crippen molar-refractivity contribution in [1.82, 2.24) is 10.2 Å². The van der Waals surface area contributed by atoms with Crippen LogP contribution in [0.3, 0.4) is 0 Å². The Kier molecular flexibility index (Phi) is 7.38. The van der Waals surface area contributed by atoms with Crippen LogP contribution in [0.25, 0.3) is 0 Å². The van der Waals surface area contributed by atoms with E-state index in [0.29, 0.717) is 6.04 Å². The Balaban J connectivity index is 2.68. The summed E-state index contributed by atoms with van der Waals surface area (Å²) in [5, 5.41) is 3.81. The topological polar surface area (TPSA) is 15.3 Å². The summed E-state index contributed by atoms with van der Waals surface area (Å²) < 4.78 is 0. The molecular weight excluding hydrogens is 232 g/mol. The van der Waals surface area contributed by atoms with Gasteiger partial charge in [0.2, 0.25) is 0 Å². The molecule has 1 N–H and O–H groups in total. The molecule has 4 atom stereocenters. The summed E-state index contributed by atoms with van der Waals surface area (Å²) in [5.41, 5.74) is 0. The van der Waals surface area contributed by atoms with Crippen LogP contribution in [0, 0.1) is 11.8 Å². The van der Waals surface area contributed by atoms with E-state index in [-0.39, 0.29) is 0 Å². The van der Waals surface area contributed by atoms with Gasteiger partial charge in [-0.2, -0.15) is 0 Å². The van der Waals surface area contributed by atoms with E-state index in [1.165, 1.54) is 38.8 Å². The molecule has 4 unspecified atom stereocenters. The molecule has 2 heteroatoms. The zero-order chi connectivity index (χ0) is 14.4. The van der Waals surface area contributed by atoms with Gasteiger partial charge in [0.05, 0.1) is 0 Å². The minimum Gasteiger partial charge on any atom is -0.311 e. The van der Waals surface area contributed by atoms with Crippen LogP contribution in [0.5, 0.6) is 0 Å². The Morgan fingerprint density at radius 2 is 1.84 bits per heavy atom. The summed E-state index contributed by atoms with van der Waals surface area (Å²) in [6.45, 7) is 16.6. The van der Waals surface area contributed by atoms with Crippen LogP contribution >= 0.6 is 0 Å². The highest BCUT2D eigenvalue weighted by molar-refractivity contribution is 4.90. The van der Waals surface area contributed by atoms with Crippen LogP contribution in [0.4, 0.5) is 0 Å². The van der Waals surface area contributed by atoms with Gasteiger partial charge in [-0.05, 0) is 31.6 Å². The van der Waals surface area contributed by atoms with Gasteiger partial charge in [-0.25, -0.2) is 0 Å². The lowest BCUT2D eigenvalue weighted by molar-refractivity contribution is 0.0584. The second kappa shape index (κ2) is 8.26. The predicted octanol–water partition coefficient (Wildman–Crippen LogP) is 3.91. The van der Waals surface area contributed by atoms with E-state index in [0.717, 1.165) is 23.9 Å². The number of nitrogens with zero attached hydrogens (tertiary/aromatic N) is 1. The van der Waals surface area contributed by atoms with Crippen molar-refractivity contribution in [3.05, 3.63) is 0 Å². The van der Waals surface area contributed by atoms with Gasteiger partial charge in [-0.3, -0.25) is 4.90 Å².